The fourth-order valence-electron chi connectivity index (χ4n) is 1.14. The van der Waals surface area contributed by atoms with E-state index < -0.39 is 4.92 Å². The Morgan fingerprint density at radius 3 is 2.75 bits per heavy atom. The number of rotatable bonds is 2. The molecule has 1 aromatic carbocycles. The first-order valence-corrected chi connectivity index (χ1v) is 4.71. The number of carbonyl (C=O) groups is 1. The summed E-state index contributed by atoms with van der Waals surface area (Å²) in [5.74, 6) is 5.00. The van der Waals surface area contributed by atoms with Crippen molar-refractivity contribution in [2.75, 3.05) is 6.54 Å². The van der Waals surface area contributed by atoms with Crippen LogP contribution in [-0.4, -0.2) is 17.8 Å². The maximum atomic E-state index is 10.8. The van der Waals surface area contributed by atoms with Crippen molar-refractivity contribution in [3.05, 3.63) is 33.4 Å². The molecule has 0 aromatic heterocycles. The van der Waals surface area contributed by atoms with Crippen LogP contribution < -0.4 is 5.73 Å². The van der Waals surface area contributed by atoms with Gasteiger partial charge < -0.3 is 5.73 Å². The van der Waals surface area contributed by atoms with E-state index in [1.54, 1.807) is 0 Å². The van der Waals surface area contributed by atoms with Gasteiger partial charge in [-0.25, -0.2) is 0 Å². The molecule has 16 heavy (non-hydrogen) atoms. The summed E-state index contributed by atoms with van der Waals surface area (Å²) >= 11 is 4.03. The summed E-state index contributed by atoms with van der Waals surface area (Å²) in [4.78, 5) is 21.3. The number of nitrogens with zero attached hydrogens (tertiary/aromatic N) is 1. The minimum absolute atomic E-state index is 0.0537. The molecule has 0 saturated heterocycles. The highest BCUT2D eigenvalue weighted by atomic mass is 32.1. The van der Waals surface area contributed by atoms with Crippen molar-refractivity contribution in [1.82, 2.24) is 0 Å². The molecule has 0 atom stereocenters. The average Bonchev–Trinajstić information content (AvgIpc) is 2.25. The molecule has 1 rings (SSSR count). The molecular formula is C10H8N2O3S. The van der Waals surface area contributed by atoms with Gasteiger partial charge in [0.15, 0.2) is 6.29 Å². The Kier molecular flexibility index (Phi) is 4.05. The average molecular weight is 236 g/mol. The van der Waals surface area contributed by atoms with E-state index in [0.29, 0.717) is 11.2 Å². The monoisotopic (exact) mass is 236 g/mol. The quantitative estimate of drug-likeness (QED) is 0.264. The first-order valence-electron chi connectivity index (χ1n) is 4.26. The van der Waals surface area contributed by atoms with Gasteiger partial charge in [0.2, 0.25) is 0 Å². The zero-order valence-electron chi connectivity index (χ0n) is 8.14. The second-order valence-electron chi connectivity index (χ2n) is 2.77. The van der Waals surface area contributed by atoms with Gasteiger partial charge in [0.05, 0.1) is 17.0 Å². The zero-order valence-corrected chi connectivity index (χ0v) is 9.03. The van der Waals surface area contributed by atoms with Crippen molar-refractivity contribution >= 4 is 24.6 Å². The maximum absolute atomic E-state index is 10.8. The highest BCUT2D eigenvalue weighted by Gasteiger charge is 2.17. The highest BCUT2D eigenvalue weighted by molar-refractivity contribution is 7.80. The largest absolute Gasteiger partial charge is 0.320 e. The summed E-state index contributed by atoms with van der Waals surface area (Å²) in [6, 6.07) is 2.65. The highest BCUT2D eigenvalue weighted by Crippen LogP contribution is 2.25. The number of nitro benzene ring substituents is 1. The second kappa shape index (κ2) is 5.30. The Bertz CT molecular complexity index is 503. The van der Waals surface area contributed by atoms with Crippen LogP contribution in [-0.2, 0) is 0 Å². The van der Waals surface area contributed by atoms with Crippen LogP contribution >= 0.6 is 12.6 Å². The predicted molar refractivity (Wildman–Crippen MR) is 61.7 cm³/mol. The van der Waals surface area contributed by atoms with Gasteiger partial charge in [-0.3, -0.25) is 14.9 Å². The second-order valence-corrected chi connectivity index (χ2v) is 3.26. The fraction of sp³-hybridized carbons (Fsp3) is 0.100. The van der Waals surface area contributed by atoms with Crippen LogP contribution in [0.1, 0.15) is 15.9 Å². The van der Waals surface area contributed by atoms with Crippen LogP contribution in [0.3, 0.4) is 0 Å². The van der Waals surface area contributed by atoms with Gasteiger partial charge >= 0.3 is 0 Å². The van der Waals surface area contributed by atoms with E-state index in [0.717, 1.165) is 0 Å². The summed E-state index contributed by atoms with van der Waals surface area (Å²) in [5.41, 5.74) is 5.12. The molecule has 0 bridgehead atoms. The van der Waals surface area contributed by atoms with Crippen LogP contribution in [0.25, 0.3) is 0 Å². The van der Waals surface area contributed by atoms with Crippen molar-refractivity contribution < 1.29 is 9.72 Å². The smallest absolute Gasteiger partial charge is 0.285 e. The lowest BCUT2D eigenvalue weighted by Crippen LogP contribution is -1.99. The molecule has 0 aliphatic rings. The van der Waals surface area contributed by atoms with Gasteiger partial charge in [0.1, 0.15) is 5.56 Å². The van der Waals surface area contributed by atoms with Gasteiger partial charge in [-0.15, -0.1) is 12.6 Å². The fourth-order valence-corrected chi connectivity index (χ4v) is 1.38. The molecule has 0 heterocycles. The van der Waals surface area contributed by atoms with Gasteiger partial charge in [0, 0.05) is 11.0 Å². The van der Waals surface area contributed by atoms with E-state index in [2.05, 4.69) is 24.5 Å². The molecule has 0 unspecified atom stereocenters. The molecule has 0 radical (unpaired) electrons. The van der Waals surface area contributed by atoms with Gasteiger partial charge in [0.25, 0.3) is 5.69 Å². The Balaban J connectivity index is 3.53. The van der Waals surface area contributed by atoms with Crippen molar-refractivity contribution in [1.29, 1.82) is 0 Å². The number of hydrogen-bond acceptors (Lipinski definition) is 5. The molecule has 6 heteroatoms. The molecule has 0 aliphatic carbocycles. The van der Waals surface area contributed by atoms with E-state index in [9.17, 15) is 14.9 Å². The Morgan fingerprint density at radius 2 is 2.25 bits per heavy atom. The van der Waals surface area contributed by atoms with Crippen molar-refractivity contribution in [2.24, 2.45) is 5.73 Å². The molecule has 0 fully saturated rings. The Hall–Kier alpha value is -1.84. The third kappa shape index (κ3) is 2.39. The van der Waals surface area contributed by atoms with Crippen LogP contribution in [0.4, 0.5) is 5.69 Å². The summed E-state index contributed by atoms with van der Waals surface area (Å²) in [6.45, 7) is 0.0618. The lowest BCUT2D eigenvalue weighted by Gasteiger charge is -2.01. The van der Waals surface area contributed by atoms with Gasteiger partial charge in [-0.05, 0) is 6.07 Å². The predicted octanol–water partition coefficient (Wildman–Crippen LogP) is 1.01. The van der Waals surface area contributed by atoms with Crippen LogP contribution in [0.5, 0.6) is 0 Å². The number of thiol groups is 1. The molecule has 5 nitrogen and oxygen atoms in total. The molecule has 1 aromatic rings. The maximum Gasteiger partial charge on any atom is 0.285 e. The van der Waals surface area contributed by atoms with Crippen molar-refractivity contribution in [3.63, 3.8) is 0 Å². The van der Waals surface area contributed by atoms with E-state index in [1.807, 2.05) is 0 Å². The standard InChI is InChI=1S/C10H8N2O3S/c11-5-1-2-7-8(6-13)10(16)4-3-9(7)12(14)15/h3-4,6,16H,5,11H2. The van der Waals surface area contributed by atoms with E-state index in [1.165, 1.54) is 12.1 Å². The summed E-state index contributed by atoms with van der Waals surface area (Å²) < 4.78 is 0. The topological polar surface area (TPSA) is 86.2 Å². The number of aldehydes is 1. The van der Waals surface area contributed by atoms with E-state index in [4.69, 9.17) is 5.73 Å². The van der Waals surface area contributed by atoms with Gasteiger partial charge in [-0.1, -0.05) is 11.8 Å². The molecular weight excluding hydrogens is 228 g/mol. The lowest BCUT2D eigenvalue weighted by atomic mass is 10.1. The number of benzene rings is 1. The SMILES string of the molecule is NCC#Cc1c([N+](=O)[O-])ccc(S)c1C=O. The number of nitrogens with two attached hydrogens (primary N) is 1. The minimum Gasteiger partial charge on any atom is -0.320 e. The first kappa shape index (κ1) is 12.2. The number of carbonyl (C=O) groups excluding carboxylic acids is 1. The van der Waals surface area contributed by atoms with Gasteiger partial charge in [-0.2, -0.15) is 0 Å². The molecule has 0 saturated carbocycles. The molecule has 82 valence electrons. The van der Waals surface area contributed by atoms with Crippen molar-refractivity contribution in [2.45, 2.75) is 4.90 Å². The molecule has 0 aliphatic heterocycles. The Labute approximate surface area is 97.2 Å². The number of nitro groups is 1. The summed E-state index contributed by atoms with van der Waals surface area (Å²) in [7, 11) is 0. The third-order valence-electron chi connectivity index (χ3n) is 1.83. The third-order valence-corrected chi connectivity index (χ3v) is 2.22. The lowest BCUT2D eigenvalue weighted by molar-refractivity contribution is -0.385. The normalized spacial score (nSPS) is 9.12. The van der Waals surface area contributed by atoms with E-state index >= 15 is 0 Å². The number of hydrogen-bond donors (Lipinski definition) is 2. The summed E-state index contributed by atoms with van der Waals surface area (Å²) in [6.07, 6.45) is 0.496. The summed E-state index contributed by atoms with van der Waals surface area (Å²) in [5, 5.41) is 10.7. The first-order chi connectivity index (χ1) is 7.61. The van der Waals surface area contributed by atoms with Crippen LogP contribution in [0.2, 0.25) is 0 Å². The molecule has 0 amide bonds. The molecule has 2 N–H and O–H groups in total. The van der Waals surface area contributed by atoms with Crippen LogP contribution in [0.15, 0.2) is 17.0 Å². The van der Waals surface area contributed by atoms with E-state index in [-0.39, 0.29) is 23.4 Å². The van der Waals surface area contributed by atoms with Crippen molar-refractivity contribution in [3.8, 4) is 11.8 Å². The minimum atomic E-state index is -0.596. The Morgan fingerprint density at radius 1 is 1.56 bits per heavy atom. The van der Waals surface area contributed by atoms with Crippen LogP contribution in [0, 0.1) is 22.0 Å². The zero-order chi connectivity index (χ0) is 12.1. The molecule has 0 spiro atoms.